The number of piperidine rings is 1. The second-order valence-corrected chi connectivity index (χ2v) is 6.35. The van der Waals surface area contributed by atoms with Crippen molar-refractivity contribution in [2.45, 2.75) is 37.8 Å². The van der Waals surface area contributed by atoms with Gasteiger partial charge in [0.15, 0.2) is 0 Å². The van der Waals surface area contributed by atoms with E-state index in [1.54, 1.807) is 6.07 Å². The van der Waals surface area contributed by atoms with Crippen molar-refractivity contribution >= 4 is 16.3 Å². The van der Waals surface area contributed by atoms with E-state index in [1.165, 1.54) is 30.4 Å². The number of rotatable bonds is 1. The molecule has 108 valence electrons. The van der Waals surface area contributed by atoms with E-state index in [-0.39, 0.29) is 5.82 Å². The summed E-state index contributed by atoms with van der Waals surface area (Å²) >= 11 is 0. The molecule has 21 heavy (non-hydrogen) atoms. The molecular weight excluding hydrogens is 261 g/mol. The molecule has 0 aliphatic carbocycles. The summed E-state index contributed by atoms with van der Waals surface area (Å²) in [5.74, 6) is -0.122. The molecule has 0 radical (unpaired) electrons. The monoisotopic (exact) mass is 281 g/mol. The lowest BCUT2D eigenvalue weighted by Gasteiger charge is -2.43. The number of hydrogen-bond acceptors (Lipinski definition) is 1. The van der Waals surface area contributed by atoms with Gasteiger partial charge in [-0.25, -0.2) is 4.39 Å². The van der Waals surface area contributed by atoms with Crippen LogP contribution in [0.1, 0.15) is 31.2 Å². The van der Waals surface area contributed by atoms with Crippen LogP contribution >= 0.6 is 0 Å². The minimum Gasteiger partial charge on any atom is -0.297 e. The molecule has 0 saturated carbocycles. The van der Waals surface area contributed by atoms with Crippen LogP contribution in [0.15, 0.2) is 42.5 Å². The van der Waals surface area contributed by atoms with E-state index >= 15 is 0 Å². The first-order valence-corrected chi connectivity index (χ1v) is 7.84. The van der Waals surface area contributed by atoms with Gasteiger partial charge in [-0.15, -0.1) is 0 Å². The lowest BCUT2D eigenvalue weighted by molar-refractivity contribution is 0.137. The average Bonchev–Trinajstić information content (AvgIpc) is 2.48. The predicted octanol–water partition coefficient (Wildman–Crippen LogP) is 4.62. The quantitative estimate of drug-likeness (QED) is 0.737. The Balaban J connectivity index is 1.86. The molecule has 1 fully saturated rings. The van der Waals surface area contributed by atoms with Crippen molar-refractivity contribution in [2.75, 3.05) is 7.05 Å². The molecule has 1 nitrogen and oxygen atoms in total. The molecule has 0 spiro atoms. The van der Waals surface area contributed by atoms with Gasteiger partial charge in [0, 0.05) is 17.5 Å². The van der Waals surface area contributed by atoms with Gasteiger partial charge < -0.3 is 0 Å². The molecule has 2 heterocycles. The van der Waals surface area contributed by atoms with Crippen molar-refractivity contribution in [1.29, 1.82) is 0 Å². The molecule has 2 unspecified atom stereocenters. The zero-order valence-electron chi connectivity index (χ0n) is 12.3. The smallest absolute Gasteiger partial charge is 0.131 e. The Kier molecular flexibility index (Phi) is 3.07. The first-order valence-electron chi connectivity index (χ1n) is 7.84. The second kappa shape index (κ2) is 4.96. The van der Waals surface area contributed by atoms with Crippen LogP contribution in [0, 0.1) is 5.82 Å². The Bertz CT molecular complexity index is 719. The number of hydrogen-bond donors (Lipinski definition) is 0. The molecule has 4 rings (SSSR count). The van der Waals surface area contributed by atoms with Crippen molar-refractivity contribution in [3.05, 3.63) is 53.9 Å². The van der Waals surface area contributed by atoms with Gasteiger partial charge in [0.1, 0.15) is 5.82 Å². The number of fused-ring (bicyclic) bond motifs is 3. The van der Waals surface area contributed by atoms with E-state index in [4.69, 9.17) is 0 Å². The highest BCUT2D eigenvalue weighted by Gasteiger charge is 2.31. The maximum absolute atomic E-state index is 14.0. The molecule has 2 heteroatoms. The number of likely N-dealkylation sites (N-methyl/N-ethyl adjacent to an activating group) is 1. The lowest BCUT2D eigenvalue weighted by Crippen LogP contribution is -2.45. The Labute approximate surface area is 125 Å². The molecule has 0 N–H and O–H groups in total. The fraction of sp³-hybridized carbons (Fsp3) is 0.368. The van der Waals surface area contributed by atoms with Gasteiger partial charge >= 0.3 is 0 Å². The van der Waals surface area contributed by atoms with Gasteiger partial charge in [0.25, 0.3) is 0 Å². The summed E-state index contributed by atoms with van der Waals surface area (Å²) in [6.45, 7) is 0. The Morgan fingerprint density at radius 2 is 1.86 bits per heavy atom. The molecule has 2 bridgehead atoms. The largest absolute Gasteiger partial charge is 0.297 e. The maximum atomic E-state index is 14.0. The van der Waals surface area contributed by atoms with E-state index in [0.717, 1.165) is 17.2 Å². The van der Waals surface area contributed by atoms with Crippen LogP contribution < -0.4 is 0 Å². The zero-order valence-corrected chi connectivity index (χ0v) is 12.3. The van der Waals surface area contributed by atoms with Crippen LogP contribution in [0.4, 0.5) is 4.39 Å². The first-order chi connectivity index (χ1) is 10.2. The molecule has 2 aromatic carbocycles. The van der Waals surface area contributed by atoms with E-state index in [0.29, 0.717) is 12.1 Å². The summed E-state index contributed by atoms with van der Waals surface area (Å²) in [4.78, 5) is 2.51. The third-order valence-electron chi connectivity index (χ3n) is 5.20. The van der Waals surface area contributed by atoms with Gasteiger partial charge in [-0.1, -0.05) is 42.8 Å². The lowest BCUT2D eigenvalue weighted by atomic mass is 9.82. The predicted molar refractivity (Wildman–Crippen MR) is 85.7 cm³/mol. The van der Waals surface area contributed by atoms with E-state index in [1.807, 2.05) is 30.3 Å². The fourth-order valence-electron chi connectivity index (χ4n) is 3.98. The molecular formula is C19H20FN. The highest BCUT2D eigenvalue weighted by Crippen LogP contribution is 2.38. The van der Waals surface area contributed by atoms with Crippen LogP contribution in [-0.4, -0.2) is 24.0 Å². The fourth-order valence-corrected chi connectivity index (χ4v) is 3.98. The van der Waals surface area contributed by atoms with Crippen LogP contribution in [-0.2, 0) is 0 Å². The van der Waals surface area contributed by atoms with Crippen LogP contribution in [0.3, 0.4) is 0 Å². The van der Waals surface area contributed by atoms with E-state index in [9.17, 15) is 4.39 Å². The van der Waals surface area contributed by atoms with Crippen LogP contribution in [0.2, 0.25) is 0 Å². The van der Waals surface area contributed by atoms with Crippen molar-refractivity contribution < 1.29 is 4.39 Å². The summed E-state index contributed by atoms with van der Waals surface area (Å²) in [5.41, 5.74) is 2.62. The van der Waals surface area contributed by atoms with Crippen molar-refractivity contribution in [3.8, 4) is 0 Å². The normalized spacial score (nSPS) is 25.9. The maximum Gasteiger partial charge on any atom is 0.131 e. The number of halogens is 1. The topological polar surface area (TPSA) is 3.24 Å². The minimum atomic E-state index is -0.122. The summed E-state index contributed by atoms with van der Waals surface area (Å²) in [5, 5.41) is 1.78. The SMILES string of the molecule is CN1C2C=C(c3ccc(F)c4ccccc34)CC1CCC2. The summed E-state index contributed by atoms with van der Waals surface area (Å²) < 4.78 is 14.0. The van der Waals surface area contributed by atoms with Crippen molar-refractivity contribution in [3.63, 3.8) is 0 Å². The standard InChI is InChI=1S/C19H20FN/c1-21-14-5-4-6-15(21)12-13(11-14)16-9-10-19(20)18-8-3-2-7-17(16)18/h2-3,7-11,14-15H,4-6,12H2,1H3. The average molecular weight is 281 g/mol. The van der Waals surface area contributed by atoms with E-state index < -0.39 is 0 Å². The molecule has 2 aromatic rings. The number of nitrogens with zero attached hydrogens (tertiary/aromatic N) is 1. The third kappa shape index (κ3) is 2.09. The van der Waals surface area contributed by atoms with Crippen LogP contribution in [0.25, 0.3) is 16.3 Å². The zero-order chi connectivity index (χ0) is 14.4. The van der Waals surface area contributed by atoms with E-state index in [2.05, 4.69) is 18.0 Å². The second-order valence-electron chi connectivity index (χ2n) is 6.35. The molecule has 0 amide bonds. The van der Waals surface area contributed by atoms with Gasteiger partial charge in [-0.05, 0) is 48.9 Å². The number of benzene rings is 2. The third-order valence-corrected chi connectivity index (χ3v) is 5.20. The van der Waals surface area contributed by atoms with Gasteiger partial charge in [0.2, 0.25) is 0 Å². The van der Waals surface area contributed by atoms with Crippen molar-refractivity contribution in [2.24, 2.45) is 0 Å². The summed E-state index contributed by atoms with van der Waals surface area (Å²) in [6.07, 6.45) is 7.35. The van der Waals surface area contributed by atoms with Crippen molar-refractivity contribution in [1.82, 2.24) is 4.90 Å². The highest BCUT2D eigenvalue weighted by molar-refractivity contribution is 5.94. The summed E-state index contributed by atoms with van der Waals surface area (Å²) in [7, 11) is 2.24. The van der Waals surface area contributed by atoms with Gasteiger partial charge in [-0.3, -0.25) is 4.90 Å². The first kappa shape index (κ1) is 13.0. The minimum absolute atomic E-state index is 0.122. The molecule has 2 aliphatic rings. The molecule has 2 atom stereocenters. The molecule has 0 aromatic heterocycles. The highest BCUT2D eigenvalue weighted by atomic mass is 19.1. The Morgan fingerprint density at radius 1 is 1.05 bits per heavy atom. The molecule has 1 saturated heterocycles. The van der Waals surface area contributed by atoms with Gasteiger partial charge in [0.05, 0.1) is 0 Å². The Morgan fingerprint density at radius 3 is 2.67 bits per heavy atom. The van der Waals surface area contributed by atoms with Crippen LogP contribution in [0.5, 0.6) is 0 Å². The Hall–Kier alpha value is -1.67. The summed E-state index contributed by atoms with van der Waals surface area (Å²) in [6, 6.07) is 12.6. The molecule has 2 aliphatic heterocycles. The van der Waals surface area contributed by atoms with Gasteiger partial charge in [-0.2, -0.15) is 0 Å².